The van der Waals surface area contributed by atoms with Crippen LogP contribution in [0.1, 0.15) is 59.8 Å². The molecule has 0 radical (unpaired) electrons. The van der Waals surface area contributed by atoms with Gasteiger partial charge in [0.2, 0.25) is 0 Å². The third-order valence-corrected chi connectivity index (χ3v) is 3.42. The molecule has 1 fully saturated rings. The summed E-state index contributed by atoms with van der Waals surface area (Å²) in [5, 5.41) is 0. The summed E-state index contributed by atoms with van der Waals surface area (Å²) >= 11 is 0. The van der Waals surface area contributed by atoms with Gasteiger partial charge in [-0.3, -0.25) is 0 Å². The third kappa shape index (κ3) is 5.86. The quantitative estimate of drug-likeness (QED) is 0.442. The van der Waals surface area contributed by atoms with Crippen molar-refractivity contribution in [1.82, 2.24) is 0 Å². The number of rotatable bonds is 9. The number of hydrogen-bond donors (Lipinski definition) is 0. The van der Waals surface area contributed by atoms with Crippen LogP contribution in [0.5, 0.6) is 0 Å². The van der Waals surface area contributed by atoms with Crippen LogP contribution in [0.4, 0.5) is 0 Å². The lowest BCUT2D eigenvalue weighted by atomic mass is 9.95. The Kier molecular flexibility index (Phi) is 5.77. The Labute approximate surface area is 101 Å². The predicted molar refractivity (Wildman–Crippen MR) is 67.7 cm³/mol. The van der Waals surface area contributed by atoms with Gasteiger partial charge in [-0.15, -0.1) is 0 Å². The van der Waals surface area contributed by atoms with Gasteiger partial charge >= 0.3 is 0 Å². The van der Waals surface area contributed by atoms with Crippen molar-refractivity contribution in [3.05, 3.63) is 0 Å². The molecular weight excluding hydrogens is 200 g/mol. The molecule has 0 spiro atoms. The van der Waals surface area contributed by atoms with Gasteiger partial charge in [0.25, 0.3) is 0 Å². The van der Waals surface area contributed by atoms with Crippen molar-refractivity contribution in [1.29, 1.82) is 0 Å². The van der Waals surface area contributed by atoms with E-state index in [2.05, 4.69) is 27.7 Å². The molecule has 2 unspecified atom stereocenters. The molecule has 1 saturated heterocycles. The maximum atomic E-state index is 5.90. The van der Waals surface area contributed by atoms with Crippen LogP contribution in [0.2, 0.25) is 0 Å². The first-order valence-electron chi connectivity index (χ1n) is 6.81. The first-order chi connectivity index (χ1) is 7.55. The van der Waals surface area contributed by atoms with Crippen LogP contribution in [0.25, 0.3) is 0 Å². The smallest absolute Gasteiger partial charge is 0.0835 e. The van der Waals surface area contributed by atoms with Crippen LogP contribution in [-0.4, -0.2) is 24.9 Å². The van der Waals surface area contributed by atoms with Gasteiger partial charge in [-0.25, -0.2) is 0 Å². The van der Waals surface area contributed by atoms with Crippen molar-refractivity contribution in [2.75, 3.05) is 13.2 Å². The molecule has 0 N–H and O–H groups in total. The molecular formula is C14H28O2. The Balaban J connectivity index is 2.04. The Morgan fingerprint density at radius 3 is 2.62 bits per heavy atom. The molecule has 2 heteroatoms. The lowest BCUT2D eigenvalue weighted by Gasteiger charge is -2.25. The number of unbranched alkanes of at least 4 members (excludes halogenated alkanes) is 1. The van der Waals surface area contributed by atoms with Crippen LogP contribution in [0, 0.1) is 5.92 Å². The second-order valence-corrected chi connectivity index (χ2v) is 5.70. The number of ether oxygens (including phenoxy) is 2. The minimum atomic E-state index is 0.0549. The van der Waals surface area contributed by atoms with Gasteiger partial charge in [-0.05, 0) is 39.0 Å². The number of hydrogen-bond acceptors (Lipinski definition) is 2. The largest absolute Gasteiger partial charge is 0.376 e. The molecule has 1 aliphatic rings. The zero-order valence-corrected chi connectivity index (χ0v) is 11.4. The highest BCUT2D eigenvalue weighted by Crippen LogP contribution is 2.26. The molecule has 2 nitrogen and oxygen atoms in total. The maximum Gasteiger partial charge on any atom is 0.0835 e. The van der Waals surface area contributed by atoms with Crippen LogP contribution in [-0.2, 0) is 9.47 Å². The summed E-state index contributed by atoms with van der Waals surface area (Å²) in [6.45, 7) is 10.8. The highest BCUT2D eigenvalue weighted by molar-refractivity contribution is 4.77. The van der Waals surface area contributed by atoms with Crippen molar-refractivity contribution in [2.45, 2.75) is 71.5 Å². The van der Waals surface area contributed by atoms with Crippen LogP contribution in [0.3, 0.4) is 0 Å². The highest BCUT2D eigenvalue weighted by Gasteiger charge is 2.29. The summed E-state index contributed by atoms with van der Waals surface area (Å²) in [6, 6.07) is 0. The summed E-state index contributed by atoms with van der Waals surface area (Å²) < 4.78 is 11.2. The molecule has 16 heavy (non-hydrogen) atoms. The first kappa shape index (κ1) is 14.0. The zero-order valence-electron chi connectivity index (χ0n) is 11.4. The topological polar surface area (TPSA) is 21.8 Å². The first-order valence-corrected chi connectivity index (χ1v) is 6.81. The van der Waals surface area contributed by atoms with Crippen LogP contribution < -0.4 is 0 Å². The Bertz CT molecular complexity index is 185. The molecule has 2 atom stereocenters. The second kappa shape index (κ2) is 6.61. The van der Waals surface area contributed by atoms with E-state index >= 15 is 0 Å². The van der Waals surface area contributed by atoms with E-state index in [-0.39, 0.29) is 5.60 Å². The molecule has 0 saturated carbocycles. The summed E-state index contributed by atoms with van der Waals surface area (Å²) in [7, 11) is 0. The average molecular weight is 228 g/mol. The molecule has 0 aromatic carbocycles. The average Bonchev–Trinajstić information content (AvgIpc) is 3.00. The normalized spacial score (nSPS) is 22.1. The molecule has 0 amide bonds. The summed E-state index contributed by atoms with van der Waals surface area (Å²) in [5.74, 6) is 0.728. The molecule has 0 aliphatic carbocycles. The third-order valence-electron chi connectivity index (χ3n) is 3.42. The zero-order chi connectivity index (χ0) is 12.0. The maximum absolute atomic E-state index is 5.90. The van der Waals surface area contributed by atoms with Gasteiger partial charge < -0.3 is 9.47 Å². The SMILES string of the molecule is CCCCOC(C)(C)CCCC(C)C1CO1. The fourth-order valence-electron chi connectivity index (χ4n) is 1.98. The molecule has 1 heterocycles. The minimum Gasteiger partial charge on any atom is -0.376 e. The van der Waals surface area contributed by atoms with Crippen molar-refractivity contribution in [3.8, 4) is 0 Å². The highest BCUT2D eigenvalue weighted by atomic mass is 16.6. The lowest BCUT2D eigenvalue weighted by molar-refractivity contribution is -0.0267. The minimum absolute atomic E-state index is 0.0549. The molecule has 1 rings (SSSR count). The molecule has 1 aliphatic heterocycles. The van der Waals surface area contributed by atoms with Crippen LogP contribution >= 0.6 is 0 Å². The molecule has 0 aromatic rings. The predicted octanol–water partition coefficient (Wildman–Crippen LogP) is 3.79. The van der Waals surface area contributed by atoms with Crippen molar-refractivity contribution in [3.63, 3.8) is 0 Å². The fraction of sp³-hybridized carbons (Fsp3) is 1.00. The monoisotopic (exact) mass is 228 g/mol. The van der Waals surface area contributed by atoms with Crippen molar-refractivity contribution in [2.24, 2.45) is 5.92 Å². The van der Waals surface area contributed by atoms with E-state index in [0.29, 0.717) is 6.10 Å². The van der Waals surface area contributed by atoms with Gasteiger partial charge in [0, 0.05) is 6.61 Å². The van der Waals surface area contributed by atoms with Gasteiger partial charge in [-0.2, -0.15) is 0 Å². The molecule has 0 bridgehead atoms. The van der Waals surface area contributed by atoms with Gasteiger partial charge in [0.15, 0.2) is 0 Å². The van der Waals surface area contributed by atoms with Crippen LogP contribution in [0.15, 0.2) is 0 Å². The van der Waals surface area contributed by atoms with Gasteiger partial charge in [-0.1, -0.05) is 26.7 Å². The number of epoxide rings is 1. The Hall–Kier alpha value is -0.0800. The standard InChI is InChI=1S/C14H28O2/c1-5-6-10-16-14(3,4)9-7-8-12(2)13-11-15-13/h12-13H,5-11H2,1-4H3. The van der Waals surface area contributed by atoms with E-state index in [4.69, 9.17) is 9.47 Å². The molecule has 96 valence electrons. The van der Waals surface area contributed by atoms with E-state index < -0.39 is 0 Å². The van der Waals surface area contributed by atoms with E-state index in [9.17, 15) is 0 Å². The fourth-order valence-corrected chi connectivity index (χ4v) is 1.98. The van der Waals surface area contributed by atoms with E-state index in [1.54, 1.807) is 0 Å². The van der Waals surface area contributed by atoms with E-state index in [0.717, 1.165) is 25.6 Å². The lowest BCUT2D eigenvalue weighted by Crippen LogP contribution is -2.25. The van der Waals surface area contributed by atoms with E-state index in [1.165, 1.54) is 25.7 Å². The Morgan fingerprint density at radius 1 is 1.38 bits per heavy atom. The summed E-state index contributed by atoms with van der Waals surface area (Å²) in [5.41, 5.74) is 0.0549. The summed E-state index contributed by atoms with van der Waals surface area (Å²) in [4.78, 5) is 0. The van der Waals surface area contributed by atoms with E-state index in [1.807, 2.05) is 0 Å². The van der Waals surface area contributed by atoms with Gasteiger partial charge in [0.05, 0.1) is 18.3 Å². The van der Waals surface area contributed by atoms with Crippen molar-refractivity contribution >= 4 is 0 Å². The van der Waals surface area contributed by atoms with Crippen molar-refractivity contribution < 1.29 is 9.47 Å². The second-order valence-electron chi connectivity index (χ2n) is 5.70. The van der Waals surface area contributed by atoms with Gasteiger partial charge in [0.1, 0.15) is 0 Å². The Morgan fingerprint density at radius 2 is 2.06 bits per heavy atom. The summed E-state index contributed by atoms with van der Waals surface area (Å²) in [6.07, 6.45) is 6.63. The molecule has 0 aromatic heterocycles.